The van der Waals surface area contributed by atoms with Gasteiger partial charge in [0.05, 0.1) is 5.56 Å². The molecule has 1 aliphatic carbocycles. The van der Waals surface area contributed by atoms with Gasteiger partial charge in [0.2, 0.25) is 0 Å². The van der Waals surface area contributed by atoms with Crippen LogP contribution in [-0.2, 0) is 0 Å². The molecule has 3 heteroatoms. The van der Waals surface area contributed by atoms with Gasteiger partial charge in [0.1, 0.15) is 0 Å². The van der Waals surface area contributed by atoms with Gasteiger partial charge in [0, 0.05) is 12.4 Å². The van der Waals surface area contributed by atoms with Crippen molar-refractivity contribution < 1.29 is 9.90 Å². The van der Waals surface area contributed by atoms with Gasteiger partial charge in [-0.2, -0.15) is 0 Å². The largest absolute Gasteiger partial charge is 0.478 e. The smallest absolute Gasteiger partial charge is 0.336 e. The molecule has 1 fully saturated rings. The number of carbonyl (C=O) groups is 1. The topological polar surface area (TPSA) is 50.2 Å². The van der Waals surface area contributed by atoms with E-state index < -0.39 is 5.97 Å². The number of rotatable bonds is 2. The molecule has 1 N–H and O–H groups in total. The molecule has 0 aromatic carbocycles. The number of carboxylic acid groups (broad SMARTS) is 1. The quantitative estimate of drug-likeness (QED) is 0.721. The highest BCUT2D eigenvalue weighted by Gasteiger charge is 2.27. The number of nitrogens with zero attached hydrogens (tertiary/aromatic N) is 1. The van der Waals surface area contributed by atoms with E-state index in [4.69, 9.17) is 5.11 Å². The SMILES string of the molecule is O=C(O)c1ccncc1C1CC1. The minimum absolute atomic E-state index is 0.410. The van der Waals surface area contributed by atoms with Crippen LogP contribution in [0.5, 0.6) is 0 Å². The van der Waals surface area contributed by atoms with E-state index in [2.05, 4.69) is 4.98 Å². The summed E-state index contributed by atoms with van der Waals surface area (Å²) < 4.78 is 0. The molecule has 0 bridgehead atoms. The van der Waals surface area contributed by atoms with Crippen LogP contribution >= 0.6 is 0 Å². The second-order valence-electron chi connectivity index (χ2n) is 3.04. The van der Waals surface area contributed by atoms with Crippen LogP contribution in [0.15, 0.2) is 18.5 Å². The number of hydrogen-bond acceptors (Lipinski definition) is 2. The van der Waals surface area contributed by atoms with Crippen molar-refractivity contribution in [1.29, 1.82) is 0 Å². The molecule has 1 aliphatic rings. The summed E-state index contributed by atoms with van der Waals surface area (Å²) in [6.45, 7) is 0. The van der Waals surface area contributed by atoms with E-state index in [1.807, 2.05) is 0 Å². The van der Waals surface area contributed by atoms with Gasteiger partial charge in [-0.25, -0.2) is 4.79 Å². The molecule has 0 atom stereocenters. The summed E-state index contributed by atoms with van der Waals surface area (Å²) >= 11 is 0. The van der Waals surface area contributed by atoms with Crippen LogP contribution in [0.3, 0.4) is 0 Å². The highest BCUT2D eigenvalue weighted by atomic mass is 16.4. The first-order valence-corrected chi connectivity index (χ1v) is 3.96. The number of aromatic nitrogens is 1. The fraction of sp³-hybridized carbons (Fsp3) is 0.333. The zero-order valence-corrected chi connectivity index (χ0v) is 6.53. The van der Waals surface area contributed by atoms with Crippen LogP contribution in [0, 0.1) is 0 Å². The first kappa shape index (κ1) is 7.28. The zero-order chi connectivity index (χ0) is 8.55. The molecule has 3 nitrogen and oxygen atoms in total. The summed E-state index contributed by atoms with van der Waals surface area (Å²) in [4.78, 5) is 14.7. The molecule has 1 heterocycles. The van der Waals surface area contributed by atoms with E-state index >= 15 is 0 Å². The van der Waals surface area contributed by atoms with Crippen molar-refractivity contribution in [3.8, 4) is 0 Å². The number of pyridine rings is 1. The Morgan fingerprint density at radius 2 is 2.33 bits per heavy atom. The highest BCUT2D eigenvalue weighted by Crippen LogP contribution is 2.41. The Morgan fingerprint density at radius 3 is 2.92 bits per heavy atom. The first-order valence-electron chi connectivity index (χ1n) is 3.96. The van der Waals surface area contributed by atoms with E-state index in [1.54, 1.807) is 12.3 Å². The molecule has 1 aromatic heterocycles. The summed E-state index contributed by atoms with van der Waals surface area (Å²) in [7, 11) is 0. The Morgan fingerprint density at radius 1 is 1.58 bits per heavy atom. The number of hydrogen-bond donors (Lipinski definition) is 1. The van der Waals surface area contributed by atoms with Crippen LogP contribution < -0.4 is 0 Å². The molecule has 0 radical (unpaired) electrons. The maximum Gasteiger partial charge on any atom is 0.336 e. The third-order valence-corrected chi connectivity index (χ3v) is 2.10. The fourth-order valence-electron chi connectivity index (χ4n) is 1.32. The van der Waals surface area contributed by atoms with Crippen molar-refractivity contribution in [2.45, 2.75) is 18.8 Å². The summed E-state index contributed by atoms with van der Waals surface area (Å²) in [6, 6.07) is 1.57. The molecule has 0 unspecified atom stereocenters. The summed E-state index contributed by atoms with van der Waals surface area (Å²) in [5.74, 6) is -0.399. The minimum atomic E-state index is -0.848. The lowest BCUT2D eigenvalue weighted by molar-refractivity contribution is 0.0695. The van der Waals surface area contributed by atoms with Crippen LogP contribution in [-0.4, -0.2) is 16.1 Å². The van der Waals surface area contributed by atoms with Gasteiger partial charge < -0.3 is 5.11 Å². The lowest BCUT2D eigenvalue weighted by atomic mass is 10.1. The van der Waals surface area contributed by atoms with Crippen LogP contribution in [0.25, 0.3) is 0 Å². The van der Waals surface area contributed by atoms with Gasteiger partial charge in [-0.15, -0.1) is 0 Å². The predicted molar refractivity (Wildman–Crippen MR) is 43.2 cm³/mol. The average molecular weight is 163 g/mol. The van der Waals surface area contributed by atoms with Gasteiger partial charge in [0.15, 0.2) is 0 Å². The zero-order valence-electron chi connectivity index (χ0n) is 6.53. The van der Waals surface area contributed by atoms with Crippen LogP contribution in [0.4, 0.5) is 0 Å². The predicted octanol–water partition coefficient (Wildman–Crippen LogP) is 1.66. The molecular weight excluding hydrogens is 154 g/mol. The van der Waals surface area contributed by atoms with Crippen molar-refractivity contribution in [3.63, 3.8) is 0 Å². The lowest BCUT2D eigenvalue weighted by Crippen LogP contribution is -2.01. The first-order chi connectivity index (χ1) is 5.79. The van der Waals surface area contributed by atoms with Crippen LogP contribution in [0.1, 0.15) is 34.7 Å². The second-order valence-corrected chi connectivity index (χ2v) is 3.04. The average Bonchev–Trinajstić information content (AvgIpc) is 2.87. The molecule has 0 aliphatic heterocycles. The molecular formula is C9H9NO2. The molecule has 62 valence electrons. The third-order valence-electron chi connectivity index (χ3n) is 2.10. The second kappa shape index (κ2) is 2.59. The van der Waals surface area contributed by atoms with Gasteiger partial charge in [-0.1, -0.05) is 0 Å². The lowest BCUT2D eigenvalue weighted by Gasteiger charge is -2.01. The Labute approximate surface area is 70.1 Å². The highest BCUT2D eigenvalue weighted by molar-refractivity contribution is 5.89. The maximum atomic E-state index is 10.7. The van der Waals surface area contributed by atoms with Crippen molar-refractivity contribution in [3.05, 3.63) is 29.6 Å². The fourth-order valence-corrected chi connectivity index (χ4v) is 1.32. The molecule has 0 amide bonds. The molecule has 1 aromatic rings. The molecule has 0 spiro atoms. The number of aromatic carboxylic acids is 1. The van der Waals surface area contributed by atoms with E-state index in [9.17, 15) is 4.79 Å². The summed E-state index contributed by atoms with van der Waals surface area (Å²) in [5, 5.41) is 8.81. The van der Waals surface area contributed by atoms with Gasteiger partial charge in [-0.05, 0) is 30.4 Å². The Kier molecular flexibility index (Phi) is 1.57. The number of carboxylic acids is 1. The Bertz CT molecular complexity index is 318. The summed E-state index contributed by atoms with van der Waals surface area (Å²) in [5.41, 5.74) is 1.30. The minimum Gasteiger partial charge on any atom is -0.478 e. The molecule has 2 rings (SSSR count). The molecule has 1 saturated carbocycles. The van der Waals surface area contributed by atoms with Crippen LogP contribution in [0.2, 0.25) is 0 Å². The maximum absolute atomic E-state index is 10.7. The molecule has 0 saturated heterocycles. The van der Waals surface area contributed by atoms with E-state index in [0.29, 0.717) is 11.5 Å². The van der Waals surface area contributed by atoms with E-state index in [-0.39, 0.29) is 0 Å². The standard InChI is InChI=1S/C9H9NO2/c11-9(12)7-3-4-10-5-8(7)6-1-2-6/h3-6H,1-2H2,(H,11,12). The van der Waals surface area contributed by atoms with Gasteiger partial charge in [-0.3, -0.25) is 4.98 Å². The van der Waals surface area contributed by atoms with Crippen molar-refractivity contribution in [1.82, 2.24) is 4.98 Å². The monoisotopic (exact) mass is 163 g/mol. The molecule has 12 heavy (non-hydrogen) atoms. The van der Waals surface area contributed by atoms with Gasteiger partial charge >= 0.3 is 5.97 Å². The van der Waals surface area contributed by atoms with Crippen molar-refractivity contribution >= 4 is 5.97 Å². The van der Waals surface area contributed by atoms with Gasteiger partial charge in [0.25, 0.3) is 0 Å². The van der Waals surface area contributed by atoms with Crippen molar-refractivity contribution in [2.24, 2.45) is 0 Å². The van der Waals surface area contributed by atoms with E-state index in [1.165, 1.54) is 6.20 Å². The summed E-state index contributed by atoms with van der Waals surface area (Å²) in [6.07, 6.45) is 5.40. The van der Waals surface area contributed by atoms with E-state index in [0.717, 1.165) is 18.4 Å². The Hall–Kier alpha value is -1.38. The Balaban J connectivity index is 2.43. The third kappa shape index (κ3) is 1.18. The van der Waals surface area contributed by atoms with Crippen molar-refractivity contribution in [2.75, 3.05) is 0 Å². The normalized spacial score (nSPS) is 16.0.